The molecule has 0 radical (unpaired) electrons. The zero-order valence-corrected chi connectivity index (χ0v) is 12.2. The zero-order valence-electron chi connectivity index (χ0n) is 12.2. The van der Waals surface area contributed by atoms with Gasteiger partial charge >= 0.3 is 0 Å². The maximum Gasteiger partial charge on any atom is 0.229 e. The van der Waals surface area contributed by atoms with Crippen LogP contribution in [-0.2, 0) is 0 Å². The minimum Gasteiger partial charge on any atom is -0.366 e. The number of anilines is 3. The predicted molar refractivity (Wildman–Crippen MR) is 84.7 cm³/mol. The van der Waals surface area contributed by atoms with E-state index in [0.717, 1.165) is 17.2 Å². The molecule has 0 aliphatic heterocycles. The standard InChI is InChI=1S/C16H20N4/c1-5-8-17-15-10-13(4)18-16(20-15)19-14-7-6-11(2)9-12(14)3/h5-7,9-10H,1,8H2,2-4H3,(H2,17,18,19,20). The van der Waals surface area contributed by atoms with Gasteiger partial charge in [0.15, 0.2) is 0 Å². The van der Waals surface area contributed by atoms with Gasteiger partial charge in [-0.1, -0.05) is 23.8 Å². The lowest BCUT2D eigenvalue weighted by Crippen LogP contribution is -2.05. The summed E-state index contributed by atoms with van der Waals surface area (Å²) < 4.78 is 0. The zero-order chi connectivity index (χ0) is 14.5. The highest BCUT2D eigenvalue weighted by Crippen LogP contribution is 2.20. The minimum absolute atomic E-state index is 0.600. The van der Waals surface area contributed by atoms with Crippen LogP contribution < -0.4 is 10.6 Å². The van der Waals surface area contributed by atoms with Crippen molar-refractivity contribution in [2.75, 3.05) is 17.2 Å². The van der Waals surface area contributed by atoms with Gasteiger partial charge in [-0.25, -0.2) is 4.98 Å². The van der Waals surface area contributed by atoms with Gasteiger partial charge < -0.3 is 10.6 Å². The Balaban J connectivity index is 2.23. The van der Waals surface area contributed by atoms with Crippen molar-refractivity contribution in [1.29, 1.82) is 0 Å². The van der Waals surface area contributed by atoms with Crippen LogP contribution in [0.1, 0.15) is 16.8 Å². The van der Waals surface area contributed by atoms with Gasteiger partial charge in [0, 0.05) is 24.0 Å². The van der Waals surface area contributed by atoms with Gasteiger partial charge in [-0.2, -0.15) is 4.98 Å². The molecule has 0 spiro atoms. The molecule has 0 aliphatic rings. The summed E-state index contributed by atoms with van der Waals surface area (Å²) in [7, 11) is 0. The number of aromatic nitrogens is 2. The Bertz CT molecular complexity index is 620. The molecule has 0 fully saturated rings. The quantitative estimate of drug-likeness (QED) is 0.811. The summed E-state index contributed by atoms with van der Waals surface area (Å²) >= 11 is 0. The van der Waals surface area contributed by atoms with Crippen molar-refractivity contribution in [1.82, 2.24) is 9.97 Å². The monoisotopic (exact) mass is 268 g/mol. The first-order chi connectivity index (χ1) is 9.58. The van der Waals surface area contributed by atoms with Crippen molar-refractivity contribution < 1.29 is 0 Å². The van der Waals surface area contributed by atoms with Crippen molar-refractivity contribution >= 4 is 17.5 Å². The second kappa shape index (κ2) is 6.19. The third-order valence-electron chi connectivity index (χ3n) is 2.91. The van der Waals surface area contributed by atoms with Crippen LogP contribution in [-0.4, -0.2) is 16.5 Å². The summed E-state index contributed by atoms with van der Waals surface area (Å²) in [6.45, 7) is 10.5. The Morgan fingerprint density at radius 2 is 1.95 bits per heavy atom. The van der Waals surface area contributed by atoms with Crippen molar-refractivity contribution in [3.63, 3.8) is 0 Å². The second-order valence-electron chi connectivity index (χ2n) is 4.83. The van der Waals surface area contributed by atoms with Crippen LogP contribution in [0.5, 0.6) is 0 Å². The third-order valence-corrected chi connectivity index (χ3v) is 2.91. The highest BCUT2D eigenvalue weighted by Gasteiger charge is 2.04. The van der Waals surface area contributed by atoms with E-state index >= 15 is 0 Å². The van der Waals surface area contributed by atoms with Crippen molar-refractivity contribution in [2.24, 2.45) is 0 Å². The molecule has 104 valence electrons. The van der Waals surface area contributed by atoms with E-state index < -0.39 is 0 Å². The largest absolute Gasteiger partial charge is 0.366 e. The van der Waals surface area contributed by atoms with Crippen LogP contribution in [0.15, 0.2) is 36.9 Å². The number of rotatable bonds is 5. The summed E-state index contributed by atoms with van der Waals surface area (Å²) in [6, 6.07) is 8.17. The van der Waals surface area contributed by atoms with Gasteiger partial charge in [-0.3, -0.25) is 0 Å². The van der Waals surface area contributed by atoms with Crippen molar-refractivity contribution in [3.05, 3.63) is 53.7 Å². The molecule has 0 amide bonds. The molecule has 0 unspecified atom stereocenters. The van der Waals surface area contributed by atoms with E-state index in [0.29, 0.717) is 12.5 Å². The fraction of sp³-hybridized carbons (Fsp3) is 0.250. The van der Waals surface area contributed by atoms with E-state index in [1.54, 1.807) is 6.08 Å². The highest BCUT2D eigenvalue weighted by atomic mass is 15.1. The van der Waals surface area contributed by atoms with Gasteiger partial charge in [0.2, 0.25) is 5.95 Å². The molecule has 1 heterocycles. The fourth-order valence-corrected chi connectivity index (χ4v) is 1.97. The Labute approximate surface area is 120 Å². The van der Waals surface area contributed by atoms with Gasteiger partial charge in [0.25, 0.3) is 0 Å². The number of benzene rings is 1. The van der Waals surface area contributed by atoms with E-state index in [9.17, 15) is 0 Å². The molecule has 2 aromatic rings. The predicted octanol–water partition coefficient (Wildman–Crippen LogP) is 3.74. The van der Waals surface area contributed by atoms with Crippen LogP contribution in [0.2, 0.25) is 0 Å². The van der Waals surface area contributed by atoms with Crippen molar-refractivity contribution in [2.45, 2.75) is 20.8 Å². The summed E-state index contributed by atoms with van der Waals surface area (Å²) in [5, 5.41) is 6.44. The van der Waals surface area contributed by atoms with Crippen LogP contribution in [0.25, 0.3) is 0 Å². The van der Waals surface area contributed by atoms with Crippen LogP contribution in [0.3, 0.4) is 0 Å². The third kappa shape index (κ3) is 3.57. The van der Waals surface area contributed by atoms with E-state index in [2.05, 4.69) is 53.2 Å². The molecule has 1 aromatic carbocycles. The number of hydrogen-bond donors (Lipinski definition) is 2. The van der Waals surface area contributed by atoms with Crippen LogP contribution in [0, 0.1) is 20.8 Å². The molecule has 20 heavy (non-hydrogen) atoms. The average Bonchev–Trinajstić information content (AvgIpc) is 2.39. The highest BCUT2D eigenvalue weighted by molar-refractivity contribution is 5.60. The van der Waals surface area contributed by atoms with Gasteiger partial charge in [0.1, 0.15) is 5.82 Å². The smallest absolute Gasteiger partial charge is 0.229 e. The molecular formula is C16H20N4. The molecule has 2 rings (SSSR count). The van der Waals surface area contributed by atoms with Gasteiger partial charge in [-0.05, 0) is 32.4 Å². The molecule has 0 atom stereocenters. The van der Waals surface area contributed by atoms with E-state index in [1.807, 2.05) is 19.1 Å². The Morgan fingerprint density at radius 3 is 2.65 bits per heavy atom. The first-order valence-corrected chi connectivity index (χ1v) is 6.63. The topological polar surface area (TPSA) is 49.8 Å². The molecule has 4 heteroatoms. The lowest BCUT2D eigenvalue weighted by atomic mass is 10.1. The maximum atomic E-state index is 4.45. The average molecular weight is 268 g/mol. The van der Waals surface area contributed by atoms with Crippen LogP contribution >= 0.6 is 0 Å². The lowest BCUT2D eigenvalue weighted by Gasteiger charge is -2.11. The second-order valence-corrected chi connectivity index (χ2v) is 4.83. The number of hydrogen-bond acceptors (Lipinski definition) is 4. The number of aryl methyl sites for hydroxylation is 3. The van der Waals surface area contributed by atoms with Gasteiger partial charge in [0.05, 0.1) is 0 Å². The summed E-state index contributed by atoms with van der Waals surface area (Å²) in [6.07, 6.45) is 1.80. The van der Waals surface area contributed by atoms with Crippen LogP contribution in [0.4, 0.5) is 17.5 Å². The minimum atomic E-state index is 0.600. The Hall–Kier alpha value is -2.36. The normalized spacial score (nSPS) is 10.2. The molecule has 2 N–H and O–H groups in total. The Morgan fingerprint density at radius 1 is 1.15 bits per heavy atom. The first-order valence-electron chi connectivity index (χ1n) is 6.63. The molecule has 0 aliphatic carbocycles. The molecule has 0 saturated heterocycles. The maximum absolute atomic E-state index is 4.45. The van der Waals surface area contributed by atoms with Crippen molar-refractivity contribution in [3.8, 4) is 0 Å². The Kier molecular flexibility index (Phi) is 4.35. The number of nitrogens with zero attached hydrogens (tertiary/aromatic N) is 2. The first kappa shape index (κ1) is 14.1. The summed E-state index contributed by atoms with van der Waals surface area (Å²) in [5.74, 6) is 1.40. The molecule has 1 aromatic heterocycles. The lowest BCUT2D eigenvalue weighted by molar-refractivity contribution is 1.09. The number of nitrogens with one attached hydrogen (secondary N) is 2. The van der Waals surface area contributed by atoms with Gasteiger partial charge in [-0.15, -0.1) is 6.58 Å². The molecule has 4 nitrogen and oxygen atoms in total. The summed E-state index contributed by atoms with van der Waals surface area (Å²) in [5.41, 5.74) is 4.36. The fourth-order valence-electron chi connectivity index (χ4n) is 1.97. The SMILES string of the molecule is C=CCNc1cc(C)nc(Nc2ccc(C)cc2C)n1. The molecular weight excluding hydrogens is 248 g/mol. The molecule has 0 saturated carbocycles. The van der Waals surface area contributed by atoms with E-state index in [4.69, 9.17) is 0 Å². The van der Waals surface area contributed by atoms with E-state index in [-0.39, 0.29) is 0 Å². The van der Waals surface area contributed by atoms with E-state index in [1.165, 1.54) is 11.1 Å². The summed E-state index contributed by atoms with van der Waals surface area (Å²) in [4.78, 5) is 8.86. The molecule has 0 bridgehead atoms.